The maximum Gasteiger partial charge on any atom is 0.311 e. The van der Waals surface area contributed by atoms with Crippen LogP contribution < -0.4 is 15.5 Å². The topological polar surface area (TPSA) is 100 Å². The summed E-state index contributed by atoms with van der Waals surface area (Å²) >= 11 is 0. The summed E-state index contributed by atoms with van der Waals surface area (Å²) in [6.07, 6.45) is 1.58. The maximum atomic E-state index is 12.1. The lowest BCUT2D eigenvalue weighted by Crippen LogP contribution is -2.58. The van der Waals surface area contributed by atoms with Crippen LogP contribution in [0, 0.1) is 17.0 Å². The first kappa shape index (κ1) is 15.2. The predicted octanol–water partition coefficient (Wildman–Crippen LogP) is 0.213. The van der Waals surface area contributed by atoms with Gasteiger partial charge in [-0.15, -0.1) is 0 Å². The molecule has 114 valence electrons. The van der Waals surface area contributed by atoms with E-state index in [1.54, 1.807) is 18.0 Å². The van der Waals surface area contributed by atoms with Crippen LogP contribution in [0.4, 0.5) is 11.5 Å². The van der Waals surface area contributed by atoms with Crippen molar-refractivity contribution >= 4 is 17.4 Å². The Morgan fingerprint density at radius 3 is 3.10 bits per heavy atom. The SMILES string of the molecule is CCNC(=O)C1CNCCN1c1ncc(C)cc1[N+](=O)[O-]. The van der Waals surface area contributed by atoms with Gasteiger partial charge in [-0.25, -0.2) is 4.98 Å². The van der Waals surface area contributed by atoms with Gasteiger partial charge in [-0.1, -0.05) is 0 Å². The number of carbonyl (C=O) groups is 1. The number of nitro groups is 1. The van der Waals surface area contributed by atoms with E-state index < -0.39 is 11.0 Å². The summed E-state index contributed by atoms with van der Waals surface area (Å²) in [7, 11) is 0. The third-order valence-electron chi connectivity index (χ3n) is 3.35. The zero-order valence-electron chi connectivity index (χ0n) is 12.1. The molecule has 1 aliphatic heterocycles. The molecule has 0 aromatic carbocycles. The van der Waals surface area contributed by atoms with Crippen molar-refractivity contribution in [1.29, 1.82) is 0 Å². The van der Waals surface area contributed by atoms with Gasteiger partial charge in [-0.05, 0) is 19.4 Å². The molecular weight excluding hydrogens is 274 g/mol. The van der Waals surface area contributed by atoms with Gasteiger partial charge in [0.2, 0.25) is 11.7 Å². The molecule has 21 heavy (non-hydrogen) atoms. The zero-order chi connectivity index (χ0) is 15.4. The van der Waals surface area contributed by atoms with Gasteiger partial charge in [0.1, 0.15) is 6.04 Å². The van der Waals surface area contributed by atoms with Crippen LogP contribution in [-0.2, 0) is 4.79 Å². The molecule has 1 aromatic heterocycles. The number of rotatable bonds is 4. The number of aryl methyl sites for hydroxylation is 1. The van der Waals surface area contributed by atoms with Gasteiger partial charge in [-0.2, -0.15) is 0 Å². The van der Waals surface area contributed by atoms with Crippen molar-refractivity contribution < 1.29 is 9.72 Å². The Morgan fingerprint density at radius 2 is 2.43 bits per heavy atom. The number of aromatic nitrogens is 1. The molecular formula is C13H19N5O3. The Bertz CT molecular complexity index is 549. The number of nitrogens with zero attached hydrogens (tertiary/aromatic N) is 3. The van der Waals surface area contributed by atoms with E-state index in [9.17, 15) is 14.9 Å². The maximum absolute atomic E-state index is 12.1. The minimum Gasteiger partial charge on any atom is -0.355 e. The summed E-state index contributed by atoms with van der Waals surface area (Å²) in [4.78, 5) is 28.8. The Labute approximate surface area is 122 Å². The van der Waals surface area contributed by atoms with Gasteiger partial charge in [0.25, 0.3) is 0 Å². The van der Waals surface area contributed by atoms with E-state index in [2.05, 4.69) is 15.6 Å². The molecule has 0 aliphatic carbocycles. The molecule has 1 fully saturated rings. The fourth-order valence-electron chi connectivity index (χ4n) is 2.39. The first-order valence-electron chi connectivity index (χ1n) is 6.90. The molecule has 0 bridgehead atoms. The lowest BCUT2D eigenvalue weighted by atomic mass is 10.1. The normalized spacial score (nSPS) is 18.4. The molecule has 1 aromatic rings. The standard InChI is InChI=1S/C13H19N5O3/c1-3-15-13(19)11-8-14-4-5-17(11)12-10(18(20)21)6-9(2)7-16-12/h6-7,11,14H,3-5,8H2,1-2H3,(H,15,19). The van der Waals surface area contributed by atoms with Gasteiger partial charge >= 0.3 is 5.69 Å². The molecule has 0 spiro atoms. The highest BCUT2D eigenvalue weighted by molar-refractivity contribution is 5.86. The molecule has 0 radical (unpaired) electrons. The zero-order valence-corrected chi connectivity index (χ0v) is 12.1. The van der Waals surface area contributed by atoms with Crippen LogP contribution in [0.1, 0.15) is 12.5 Å². The number of nitrogens with one attached hydrogen (secondary N) is 2. The first-order chi connectivity index (χ1) is 10.0. The number of likely N-dealkylation sites (N-methyl/N-ethyl adjacent to an activating group) is 1. The molecule has 8 nitrogen and oxygen atoms in total. The number of hydrogen-bond donors (Lipinski definition) is 2. The van der Waals surface area contributed by atoms with Crippen LogP contribution in [0.3, 0.4) is 0 Å². The predicted molar refractivity (Wildman–Crippen MR) is 78.3 cm³/mol. The first-order valence-corrected chi connectivity index (χ1v) is 6.90. The van der Waals surface area contributed by atoms with Crippen LogP contribution >= 0.6 is 0 Å². The molecule has 1 atom stereocenters. The average Bonchev–Trinajstić information content (AvgIpc) is 2.47. The molecule has 8 heteroatoms. The highest BCUT2D eigenvalue weighted by atomic mass is 16.6. The number of carbonyl (C=O) groups excluding carboxylic acids is 1. The van der Waals surface area contributed by atoms with Gasteiger partial charge in [0.05, 0.1) is 4.92 Å². The quantitative estimate of drug-likeness (QED) is 0.608. The Morgan fingerprint density at radius 1 is 1.67 bits per heavy atom. The van der Waals surface area contributed by atoms with Crippen molar-refractivity contribution in [3.8, 4) is 0 Å². The molecule has 1 saturated heterocycles. The van der Waals surface area contributed by atoms with Gasteiger partial charge in [-0.3, -0.25) is 14.9 Å². The van der Waals surface area contributed by atoms with Gasteiger partial charge in [0, 0.05) is 38.4 Å². The summed E-state index contributed by atoms with van der Waals surface area (Å²) in [6.45, 7) is 5.71. The third kappa shape index (κ3) is 3.27. The summed E-state index contributed by atoms with van der Waals surface area (Å²) in [5, 5.41) is 17.1. The minimum atomic E-state index is -0.493. The summed E-state index contributed by atoms with van der Waals surface area (Å²) in [6, 6.07) is 0.992. The highest BCUT2D eigenvalue weighted by Crippen LogP contribution is 2.28. The Hall–Kier alpha value is -2.22. The third-order valence-corrected chi connectivity index (χ3v) is 3.35. The van der Waals surface area contributed by atoms with E-state index in [1.807, 2.05) is 6.92 Å². The van der Waals surface area contributed by atoms with E-state index in [1.165, 1.54) is 6.07 Å². The van der Waals surface area contributed by atoms with Crippen molar-refractivity contribution in [2.45, 2.75) is 19.9 Å². The second-order valence-electron chi connectivity index (χ2n) is 4.92. The van der Waals surface area contributed by atoms with E-state index in [0.717, 1.165) is 5.56 Å². The second-order valence-corrected chi connectivity index (χ2v) is 4.92. The van der Waals surface area contributed by atoms with E-state index in [-0.39, 0.29) is 17.4 Å². The molecule has 1 amide bonds. The largest absolute Gasteiger partial charge is 0.355 e. The highest BCUT2D eigenvalue weighted by Gasteiger charge is 2.33. The van der Waals surface area contributed by atoms with Gasteiger partial charge in [0.15, 0.2) is 0 Å². The molecule has 2 rings (SSSR count). The van der Waals surface area contributed by atoms with Crippen LogP contribution in [-0.4, -0.2) is 48.0 Å². The lowest BCUT2D eigenvalue weighted by molar-refractivity contribution is -0.384. The number of hydrogen-bond acceptors (Lipinski definition) is 6. The van der Waals surface area contributed by atoms with Crippen LogP contribution in [0.25, 0.3) is 0 Å². The fourth-order valence-corrected chi connectivity index (χ4v) is 2.39. The lowest BCUT2D eigenvalue weighted by Gasteiger charge is -2.35. The molecule has 2 heterocycles. The average molecular weight is 293 g/mol. The number of amides is 1. The van der Waals surface area contributed by atoms with E-state index in [0.29, 0.717) is 26.2 Å². The number of piperazine rings is 1. The van der Waals surface area contributed by atoms with Crippen LogP contribution in [0.5, 0.6) is 0 Å². The monoisotopic (exact) mass is 293 g/mol. The summed E-state index contributed by atoms with van der Waals surface area (Å²) < 4.78 is 0. The van der Waals surface area contributed by atoms with Crippen LogP contribution in [0.2, 0.25) is 0 Å². The minimum absolute atomic E-state index is 0.0637. The van der Waals surface area contributed by atoms with Crippen molar-refractivity contribution in [3.05, 3.63) is 27.9 Å². The molecule has 1 unspecified atom stereocenters. The van der Waals surface area contributed by atoms with Crippen LogP contribution in [0.15, 0.2) is 12.3 Å². The summed E-state index contributed by atoms with van der Waals surface area (Å²) in [5.74, 6) is 0.102. The van der Waals surface area contributed by atoms with Crippen molar-refractivity contribution in [1.82, 2.24) is 15.6 Å². The van der Waals surface area contributed by atoms with E-state index in [4.69, 9.17) is 0 Å². The fraction of sp³-hybridized carbons (Fsp3) is 0.538. The van der Waals surface area contributed by atoms with Crippen molar-refractivity contribution in [2.24, 2.45) is 0 Å². The van der Waals surface area contributed by atoms with Crippen molar-refractivity contribution in [3.63, 3.8) is 0 Å². The Balaban J connectivity index is 2.37. The molecule has 2 N–H and O–H groups in total. The van der Waals surface area contributed by atoms with E-state index >= 15 is 0 Å². The smallest absolute Gasteiger partial charge is 0.311 e. The van der Waals surface area contributed by atoms with Gasteiger partial charge < -0.3 is 15.5 Å². The summed E-state index contributed by atoms with van der Waals surface area (Å²) in [5.41, 5.74) is 0.654. The number of pyridine rings is 1. The van der Waals surface area contributed by atoms with Crippen molar-refractivity contribution in [2.75, 3.05) is 31.1 Å². The molecule has 0 saturated carbocycles. The number of anilines is 1. The Kier molecular flexibility index (Phi) is 4.69. The molecule has 1 aliphatic rings. The second kappa shape index (κ2) is 6.49.